The molecule has 0 rings (SSSR count). The molecule has 0 aliphatic heterocycles. The van der Waals surface area contributed by atoms with Gasteiger partial charge in [0.2, 0.25) is 0 Å². The van der Waals surface area contributed by atoms with Crippen molar-refractivity contribution in [3.8, 4) is 0 Å². The van der Waals surface area contributed by atoms with Crippen LogP contribution in [0.1, 0.15) is 0 Å². The second-order valence-corrected chi connectivity index (χ2v) is 1.13. The third-order valence-corrected chi connectivity index (χ3v) is 0. The molecule has 0 unspecified atom stereocenters. The number of hydrogen-bond donors (Lipinski definition) is 0. The van der Waals surface area contributed by atoms with Crippen molar-refractivity contribution < 1.29 is 49.5 Å². The topological polar surface area (TPSA) is 138 Å². The van der Waals surface area contributed by atoms with Gasteiger partial charge in [0, 0.05) is 0 Å². The fraction of sp³-hybridized carbons (Fsp3) is 0. The first-order valence-electron chi connectivity index (χ1n) is 0.926. The zero-order valence-electron chi connectivity index (χ0n) is 3.91. The summed E-state index contributed by atoms with van der Waals surface area (Å²) in [5.41, 5.74) is 0. The molecule has 0 amide bonds. The van der Waals surface area contributed by atoms with Crippen molar-refractivity contribution >= 4 is 37.7 Å². The molecule has 0 saturated heterocycles. The van der Waals surface area contributed by atoms with E-state index in [1.165, 1.54) is 0 Å². The van der Waals surface area contributed by atoms with Gasteiger partial charge in [0.1, 0.15) is 0 Å². The van der Waals surface area contributed by atoms with Crippen molar-refractivity contribution in [2.45, 2.75) is 0 Å². The maximum Gasteiger partial charge on any atom is 2.00 e. The van der Waals surface area contributed by atoms with Crippen molar-refractivity contribution in [2.75, 3.05) is 0 Å². The van der Waals surface area contributed by atoms with Crippen LogP contribution in [0.15, 0.2) is 0 Å². The van der Waals surface area contributed by atoms with Gasteiger partial charge in [-0.1, -0.05) is 0 Å². The zero-order chi connectivity index (χ0) is 7.15. The van der Waals surface area contributed by atoms with Crippen LogP contribution < -0.4 is 28.0 Å². The second kappa shape index (κ2) is 12.3. The monoisotopic (exact) mass is 206 g/mol. The third kappa shape index (κ3) is 217. The van der Waals surface area contributed by atoms with Gasteiger partial charge < -0.3 is 28.0 Å². The number of halogens is 2. The van der Waals surface area contributed by atoms with Gasteiger partial charge >= 0.3 is 37.7 Å². The largest absolute Gasteiger partial charge is 2.00 e. The predicted molar refractivity (Wildman–Crippen MR) is 5.75 cm³/mol. The minimum atomic E-state index is -2.85. The van der Waals surface area contributed by atoms with Crippen molar-refractivity contribution in [3.63, 3.8) is 0 Å². The van der Waals surface area contributed by atoms with E-state index >= 15 is 0 Å². The minimum absolute atomic E-state index is 0. The molecule has 0 spiro atoms. The molecule has 9 heteroatoms. The summed E-state index contributed by atoms with van der Waals surface area (Å²) in [5.74, 6) is 0. The molecule has 0 aliphatic rings. The summed E-state index contributed by atoms with van der Waals surface area (Å²) in [7, 11) is -5.70. The van der Waals surface area contributed by atoms with Gasteiger partial charge in [0.25, 0.3) is 0 Å². The zero-order valence-corrected chi connectivity index (χ0v) is 7.63. The van der Waals surface area contributed by atoms with Crippen molar-refractivity contribution in [1.82, 2.24) is 0 Å². The summed E-state index contributed by atoms with van der Waals surface area (Å²) in [6.45, 7) is 0. The van der Waals surface area contributed by atoms with Crippen LogP contribution in [0.2, 0.25) is 0 Å². The smallest absolute Gasteiger partial charge is 0.357 e. The molecule has 0 saturated carbocycles. The van der Waals surface area contributed by atoms with Crippen LogP contribution in [0.4, 0.5) is 0 Å². The molecular formula is CaCl2O6. The molecule has 6 nitrogen and oxygen atoms in total. The first kappa shape index (κ1) is 16.9. The van der Waals surface area contributed by atoms with Crippen molar-refractivity contribution in [3.05, 3.63) is 0 Å². The van der Waals surface area contributed by atoms with Gasteiger partial charge in [0.05, 0.1) is 21.6 Å². The second-order valence-electron chi connectivity index (χ2n) is 0.378. The summed E-state index contributed by atoms with van der Waals surface area (Å²) in [5, 5.41) is 0. The van der Waals surface area contributed by atoms with E-state index in [-0.39, 0.29) is 37.7 Å². The Balaban J connectivity index is -0.0000000720. The Kier molecular flexibility index (Phi) is 23.1. The predicted octanol–water partition coefficient (Wildman–Crippen LogP) is -7.51. The number of hydrogen-bond acceptors (Lipinski definition) is 6. The van der Waals surface area contributed by atoms with Crippen LogP contribution in [0, 0.1) is 21.6 Å². The molecule has 0 bridgehead atoms. The molecule has 0 fully saturated rings. The van der Waals surface area contributed by atoms with Crippen LogP contribution in [-0.2, 0) is 0 Å². The van der Waals surface area contributed by atoms with E-state index in [2.05, 4.69) is 0 Å². The van der Waals surface area contributed by atoms with Crippen LogP contribution in [0.5, 0.6) is 0 Å². The Morgan fingerprint density at radius 3 is 0.556 bits per heavy atom. The van der Waals surface area contributed by atoms with E-state index < -0.39 is 21.6 Å². The minimum Gasteiger partial charge on any atom is -0.357 e. The van der Waals surface area contributed by atoms with Gasteiger partial charge in [-0.25, -0.2) is 0 Å². The van der Waals surface area contributed by atoms with E-state index in [1.54, 1.807) is 0 Å². The van der Waals surface area contributed by atoms with Crippen LogP contribution in [0.25, 0.3) is 0 Å². The Morgan fingerprint density at radius 2 is 0.556 bits per heavy atom. The third-order valence-electron chi connectivity index (χ3n) is 0. The first-order valence-corrected chi connectivity index (χ1v) is 2.78. The average molecular weight is 207 g/mol. The molecular weight excluding hydrogens is 207 g/mol. The van der Waals surface area contributed by atoms with Gasteiger partial charge in [-0.3, -0.25) is 0 Å². The Labute approximate surface area is 86.5 Å². The van der Waals surface area contributed by atoms with Gasteiger partial charge in [-0.15, -0.1) is 0 Å². The summed E-state index contributed by atoms with van der Waals surface area (Å²) < 4.78 is 50.4. The Morgan fingerprint density at radius 1 is 0.556 bits per heavy atom. The van der Waals surface area contributed by atoms with E-state index in [4.69, 9.17) is 28.0 Å². The van der Waals surface area contributed by atoms with Crippen LogP contribution in [0.3, 0.4) is 0 Å². The van der Waals surface area contributed by atoms with Gasteiger partial charge in [-0.2, -0.15) is 0 Å². The molecule has 0 radical (unpaired) electrons. The molecule has 0 aromatic carbocycles. The van der Waals surface area contributed by atoms with E-state index in [1.807, 2.05) is 0 Å². The SMILES string of the molecule is [Ca+2].[O-][Cl+2]([O-])[O-].[O-][Cl+2]([O-])[O-]. The summed E-state index contributed by atoms with van der Waals surface area (Å²) >= 11 is 0. The van der Waals surface area contributed by atoms with E-state index in [0.29, 0.717) is 0 Å². The molecule has 0 aromatic rings. The number of rotatable bonds is 0. The summed E-state index contributed by atoms with van der Waals surface area (Å²) in [6.07, 6.45) is 0. The molecule has 0 aromatic heterocycles. The van der Waals surface area contributed by atoms with Crippen LogP contribution >= 0.6 is 0 Å². The fourth-order valence-electron chi connectivity index (χ4n) is 0. The molecule has 0 heterocycles. The fourth-order valence-corrected chi connectivity index (χ4v) is 0. The normalized spacial score (nSPS) is 8.00. The van der Waals surface area contributed by atoms with Crippen LogP contribution in [-0.4, -0.2) is 37.7 Å². The summed E-state index contributed by atoms with van der Waals surface area (Å²) in [6, 6.07) is 0. The maximum absolute atomic E-state index is 8.41. The van der Waals surface area contributed by atoms with Crippen molar-refractivity contribution in [1.29, 1.82) is 0 Å². The molecule has 0 aliphatic carbocycles. The Bertz CT molecular complexity index is 26.5. The molecule has 0 N–H and O–H groups in total. The van der Waals surface area contributed by atoms with Gasteiger partial charge in [-0.05, 0) is 0 Å². The summed E-state index contributed by atoms with van der Waals surface area (Å²) in [4.78, 5) is 0. The molecule has 9 heavy (non-hydrogen) atoms. The quantitative estimate of drug-likeness (QED) is 0.361. The Hall–Kier alpha value is 1.60. The molecule has 0 atom stereocenters. The maximum atomic E-state index is 8.41. The first-order chi connectivity index (χ1) is 3.46. The van der Waals surface area contributed by atoms with Crippen molar-refractivity contribution in [2.24, 2.45) is 0 Å². The standard InChI is InChI=1S/Ca.2ClO3/c;2*2-1(3)4/q+2;2*-1. The molecule has 52 valence electrons. The van der Waals surface area contributed by atoms with Gasteiger partial charge in [0.15, 0.2) is 0 Å². The van der Waals surface area contributed by atoms with E-state index in [9.17, 15) is 0 Å². The average Bonchev–Trinajstić information content (AvgIpc) is 1.25. The van der Waals surface area contributed by atoms with E-state index in [0.717, 1.165) is 0 Å².